The number of unbranched alkanes of at least 4 members (excludes halogenated alkanes) is 1. The van der Waals surface area contributed by atoms with Crippen LogP contribution in [-0.2, 0) is 19.1 Å². The van der Waals surface area contributed by atoms with Gasteiger partial charge in [-0.2, -0.15) is 0 Å². The summed E-state index contributed by atoms with van der Waals surface area (Å²) < 4.78 is 5.24. The summed E-state index contributed by atoms with van der Waals surface area (Å²) in [6.45, 7) is 6.58. The molecule has 2 unspecified atom stereocenters. The molecule has 0 bridgehead atoms. The van der Waals surface area contributed by atoms with E-state index in [1.807, 2.05) is 13.8 Å². The first-order valence-electron chi connectivity index (χ1n) is 8.46. The van der Waals surface area contributed by atoms with Gasteiger partial charge in [0.1, 0.15) is 6.04 Å². The summed E-state index contributed by atoms with van der Waals surface area (Å²) in [4.78, 5) is 37.5. The van der Waals surface area contributed by atoms with Gasteiger partial charge in [-0.3, -0.25) is 14.4 Å². The molecule has 2 atom stereocenters. The van der Waals surface area contributed by atoms with E-state index in [-0.39, 0.29) is 29.5 Å². The summed E-state index contributed by atoms with van der Waals surface area (Å²) in [5.41, 5.74) is 0. The van der Waals surface area contributed by atoms with Crippen LogP contribution in [-0.4, -0.2) is 53.0 Å². The number of ether oxygens (including phenoxy) is 1. The number of thiocarbonyl (C=S) groups is 1. The van der Waals surface area contributed by atoms with E-state index in [2.05, 4.69) is 10.6 Å². The fraction of sp³-hybridized carbons (Fsp3) is 0.750. The Hall–Kier alpha value is -1.70. The van der Waals surface area contributed by atoms with Crippen LogP contribution in [0.3, 0.4) is 0 Å². The number of amides is 2. The molecule has 0 aromatic heterocycles. The zero-order chi connectivity index (χ0) is 18.1. The summed E-state index contributed by atoms with van der Waals surface area (Å²) in [5.74, 6) is -0.905. The zero-order valence-electron chi connectivity index (χ0n) is 14.6. The van der Waals surface area contributed by atoms with Crippen LogP contribution in [0, 0.1) is 0 Å². The van der Waals surface area contributed by atoms with Crippen molar-refractivity contribution in [2.24, 2.45) is 0 Å². The maximum atomic E-state index is 12.1. The van der Waals surface area contributed by atoms with Gasteiger partial charge >= 0.3 is 5.97 Å². The summed E-state index contributed by atoms with van der Waals surface area (Å²) in [5, 5.41) is 5.55. The molecule has 24 heavy (non-hydrogen) atoms. The molecule has 136 valence electrons. The van der Waals surface area contributed by atoms with E-state index in [1.54, 1.807) is 11.8 Å². The maximum absolute atomic E-state index is 12.1. The molecule has 0 spiro atoms. The average molecular weight is 357 g/mol. The number of hydrogen-bond donors (Lipinski definition) is 2. The fourth-order valence-corrected chi connectivity index (χ4v) is 2.60. The largest absolute Gasteiger partial charge is 0.463 e. The van der Waals surface area contributed by atoms with E-state index < -0.39 is 12.0 Å². The van der Waals surface area contributed by atoms with Crippen LogP contribution in [0.15, 0.2) is 0 Å². The summed E-state index contributed by atoms with van der Waals surface area (Å²) in [6.07, 6.45) is 2.49. The molecule has 1 aliphatic heterocycles. The number of piperazine rings is 1. The van der Waals surface area contributed by atoms with Crippen molar-refractivity contribution in [1.29, 1.82) is 0 Å². The first-order valence-corrected chi connectivity index (χ1v) is 8.87. The van der Waals surface area contributed by atoms with Gasteiger partial charge in [0.2, 0.25) is 11.8 Å². The van der Waals surface area contributed by atoms with Gasteiger partial charge in [0.25, 0.3) is 0 Å². The van der Waals surface area contributed by atoms with Crippen LogP contribution in [0.25, 0.3) is 0 Å². The van der Waals surface area contributed by atoms with Crippen molar-refractivity contribution in [1.82, 2.24) is 15.5 Å². The van der Waals surface area contributed by atoms with Crippen LogP contribution < -0.4 is 10.6 Å². The highest BCUT2D eigenvalue weighted by molar-refractivity contribution is 7.80. The second kappa shape index (κ2) is 10.2. The monoisotopic (exact) mass is 357 g/mol. The van der Waals surface area contributed by atoms with Crippen molar-refractivity contribution < 1.29 is 19.1 Å². The summed E-state index contributed by atoms with van der Waals surface area (Å²) >= 11 is 5.26. The Labute approximate surface area is 148 Å². The topological polar surface area (TPSA) is 87.7 Å². The highest BCUT2D eigenvalue weighted by atomic mass is 32.1. The van der Waals surface area contributed by atoms with Crippen LogP contribution in [0.4, 0.5) is 0 Å². The molecule has 1 heterocycles. The number of carbonyl (C=O) groups is 3. The van der Waals surface area contributed by atoms with Gasteiger partial charge in [0.05, 0.1) is 12.5 Å². The Morgan fingerprint density at radius 1 is 1.46 bits per heavy atom. The lowest BCUT2D eigenvalue weighted by molar-refractivity contribution is -0.151. The van der Waals surface area contributed by atoms with Crippen LogP contribution in [0.1, 0.15) is 52.9 Å². The predicted molar refractivity (Wildman–Crippen MR) is 94.2 cm³/mol. The second-order valence-electron chi connectivity index (χ2n) is 5.87. The third-order valence-corrected chi connectivity index (χ3v) is 4.20. The highest BCUT2D eigenvalue weighted by Gasteiger charge is 2.34. The summed E-state index contributed by atoms with van der Waals surface area (Å²) in [6, 6.07) is -0.755. The van der Waals surface area contributed by atoms with Crippen molar-refractivity contribution in [3.8, 4) is 0 Å². The number of nitrogens with zero attached hydrogens (tertiary/aromatic N) is 1. The third kappa shape index (κ3) is 6.43. The quantitative estimate of drug-likeness (QED) is 0.524. The molecule has 1 rings (SSSR count). The first-order chi connectivity index (χ1) is 11.4. The lowest BCUT2D eigenvalue weighted by Crippen LogP contribution is -2.60. The number of carbonyl (C=O) groups excluding carboxylic acids is 3. The van der Waals surface area contributed by atoms with Gasteiger partial charge in [-0.1, -0.05) is 20.3 Å². The Morgan fingerprint density at radius 3 is 2.79 bits per heavy atom. The molecule has 0 saturated carbocycles. The Bertz CT molecular complexity index is 484. The molecule has 2 amide bonds. The molecular weight excluding hydrogens is 330 g/mol. The first kappa shape index (κ1) is 20.3. The smallest absolute Gasteiger partial charge is 0.308 e. The highest BCUT2D eigenvalue weighted by Crippen LogP contribution is 2.12. The third-order valence-electron chi connectivity index (χ3n) is 3.86. The predicted octanol–water partition coefficient (Wildman–Crippen LogP) is 1.11. The molecule has 1 saturated heterocycles. The lowest BCUT2D eigenvalue weighted by atomic mass is 10.1. The van der Waals surface area contributed by atoms with Crippen molar-refractivity contribution in [3.05, 3.63) is 0 Å². The number of hydrogen-bond acceptors (Lipinski definition) is 5. The van der Waals surface area contributed by atoms with E-state index in [1.165, 1.54) is 0 Å². The van der Waals surface area contributed by atoms with Gasteiger partial charge in [0, 0.05) is 19.5 Å². The Balaban J connectivity index is 2.68. The van der Waals surface area contributed by atoms with Crippen LogP contribution in [0.5, 0.6) is 0 Å². The van der Waals surface area contributed by atoms with Gasteiger partial charge < -0.3 is 20.3 Å². The maximum Gasteiger partial charge on any atom is 0.308 e. The second-order valence-corrected chi connectivity index (χ2v) is 6.26. The number of rotatable bonds is 7. The molecule has 0 aromatic rings. The van der Waals surface area contributed by atoms with E-state index >= 15 is 0 Å². The molecule has 2 N–H and O–H groups in total. The van der Waals surface area contributed by atoms with E-state index in [9.17, 15) is 14.4 Å². The lowest BCUT2D eigenvalue weighted by Gasteiger charge is -2.36. The number of esters is 1. The van der Waals surface area contributed by atoms with Crippen LogP contribution >= 0.6 is 12.2 Å². The summed E-state index contributed by atoms with van der Waals surface area (Å²) in [7, 11) is 0. The number of nitrogens with one attached hydrogen (secondary N) is 2. The van der Waals surface area contributed by atoms with Gasteiger partial charge in [-0.25, -0.2) is 0 Å². The molecule has 1 aliphatic rings. The van der Waals surface area contributed by atoms with Crippen LogP contribution in [0.2, 0.25) is 0 Å². The Kier molecular flexibility index (Phi) is 8.67. The van der Waals surface area contributed by atoms with E-state index in [4.69, 9.17) is 17.0 Å². The Morgan fingerprint density at radius 2 is 2.17 bits per heavy atom. The molecule has 0 aromatic carbocycles. The van der Waals surface area contributed by atoms with Gasteiger partial charge in [0.15, 0.2) is 5.11 Å². The normalized spacial score (nSPS) is 18.5. The zero-order valence-corrected chi connectivity index (χ0v) is 15.4. The molecule has 0 radical (unpaired) electrons. The van der Waals surface area contributed by atoms with Crippen molar-refractivity contribution in [2.75, 3.05) is 13.1 Å². The van der Waals surface area contributed by atoms with E-state index in [0.717, 1.165) is 12.8 Å². The fourth-order valence-electron chi connectivity index (χ4n) is 2.27. The molecule has 0 aliphatic carbocycles. The van der Waals surface area contributed by atoms with Crippen molar-refractivity contribution in [3.63, 3.8) is 0 Å². The minimum absolute atomic E-state index is 0.0961. The van der Waals surface area contributed by atoms with Crippen molar-refractivity contribution in [2.45, 2.75) is 65.0 Å². The minimum atomic E-state index is -0.755. The molecular formula is C16H27N3O4S. The standard InChI is InChI=1S/C16H27N3O4S/c1-4-6-7-13(20)18-16(24)19-9-8-17-15(22)12(19)10-14(21)23-11(3)5-2/h11-12H,4-10H2,1-3H3,(H,17,22)(H,18,20,24). The molecule has 1 fully saturated rings. The SMILES string of the molecule is CCCCC(=O)NC(=S)N1CCNC(=O)C1CC(=O)OC(C)CC. The van der Waals surface area contributed by atoms with Gasteiger partial charge in [-0.05, 0) is 32.0 Å². The molecule has 8 heteroatoms. The van der Waals surface area contributed by atoms with Gasteiger partial charge in [-0.15, -0.1) is 0 Å². The average Bonchev–Trinajstić information content (AvgIpc) is 2.54. The van der Waals surface area contributed by atoms with Crippen molar-refractivity contribution >= 4 is 35.1 Å². The minimum Gasteiger partial charge on any atom is -0.463 e. The van der Waals surface area contributed by atoms with E-state index in [0.29, 0.717) is 25.9 Å². The molecule has 7 nitrogen and oxygen atoms in total.